The Morgan fingerprint density at radius 2 is 1.85 bits per heavy atom. The number of benzene rings is 1. The molecule has 0 aromatic heterocycles. The Morgan fingerprint density at radius 3 is 2.25 bits per heavy atom. The number of nitriles is 1. The number of nitrogens with zero attached hydrogens (tertiary/aromatic N) is 1. The Hall–Kier alpha value is -0.290. The van der Waals surface area contributed by atoms with Gasteiger partial charge in [0.2, 0.25) is 0 Å². The van der Waals surface area contributed by atoms with Gasteiger partial charge in [-0.25, -0.2) is 8.42 Å². The first-order chi connectivity index (χ1) is 9.07. The SMILES string of the molecule is CC(C)(C#N)CCOc1c(Br)cc(S(=O)(=O)Cl)cc1Br. The van der Waals surface area contributed by atoms with Crippen LogP contribution in [-0.2, 0) is 9.05 Å². The predicted octanol–water partition coefficient (Wildman–Crippen LogP) is 4.46. The minimum atomic E-state index is -3.80. The van der Waals surface area contributed by atoms with Crippen LogP contribution in [0.1, 0.15) is 20.3 Å². The quantitative estimate of drug-likeness (QED) is 0.628. The number of hydrogen-bond donors (Lipinski definition) is 0. The van der Waals surface area contributed by atoms with Gasteiger partial charge in [0.25, 0.3) is 9.05 Å². The lowest BCUT2D eigenvalue weighted by atomic mass is 9.92. The Balaban J connectivity index is 2.91. The molecule has 0 aliphatic heterocycles. The van der Waals surface area contributed by atoms with Crippen LogP contribution >= 0.6 is 42.5 Å². The predicted molar refractivity (Wildman–Crippen MR) is 84.4 cm³/mol. The highest BCUT2D eigenvalue weighted by Gasteiger charge is 2.19. The molecular formula is C12H12Br2ClNO3S. The van der Waals surface area contributed by atoms with Crippen molar-refractivity contribution >= 4 is 51.6 Å². The van der Waals surface area contributed by atoms with Crippen LogP contribution in [0.15, 0.2) is 26.0 Å². The van der Waals surface area contributed by atoms with E-state index in [0.29, 0.717) is 27.7 Å². The second kappa shape index (κ2) is 6.65. The van der Waals surface area contributed by atoms with E-state index in [0.717, 1.165) is 0 Å². The zero-order valence-electron chi connectivity index (χ0n) is 10.8. The minimum absolute atomic E-state index is 0.0254. The highest BCUT2D eigenvalue weighted by molar-refractivity contribution is 9.11. The Labute approximate surface area is 139 Å². The molecule has 0 N–H and O–H groups in total. The molecular weight excluding hydrogens is 433 g/mol. The summed E-state index contributed by atoms with van der Waals surface area (Å²) >= 11 is 6.49. The van der Waals surface area contributed by atoms with E-state index in [1.165, 1.54) is 12.1 Å². The van der Waals surface area contributed by atoms with Crippen LogP contribution in [0.5, 0.6) is 5.75 Å². The van der Waals surface area contributed by atoms with Gasteiger partial charge in [-0.15, -0.1) is 0 Å². The van der Waals surface area contributed by atoms with E-state index in [1.54, 1.807) is 0 Å². The number of hydrogen-bond acceptors (Lipinski definition) is 4. The monoisotopic (exact) mass is 443 g/mol. The molecule has 0 bridgehead atoms. The summed E-state index contributed by atoms with van der Waals surface area (Å²) in [6.45, 7) is 3.98. The lowest BCUT2D eigenvalue weighted by Crippen LogP contribution is -2.13. The van der Waals surface area contributed by atoms with Crippen LogP contribution in [0.3, 0.4) is 0 Å². The smallest absolute Gasteiger partial charge is 0.261 e. The average Bonchev–Trinajstić information content (AvgIpc) is 2.31. The maximum absolute atomic E-state index is 11.3. The van der Waals surface area contributed by atoms with Crippen LogP contribution in [0.4, 0.5) is 0 Å². The van der Waals surface area contributed by atoms with Crippen LogP contribution in [-0.4, -0.2) is 15.0 Å². The molecule has 20 heavy (non-hydrogen) atoms. The topological polar surface area (TPSA) is 67.2 Å². The van der Waals surface area contributed by atoms with Gasteiger partial charge in [-0.1, -0.05) is 0 Å². The van der Waals surface area contributed by atoms with Crippen LogP contribution in [0, 0.1) is 16.7 Å². The molecule has 0 saturated heterocycles. The Kier molecular flexibility index (Phi) is 5.90. The van der Waals surface area contributed by atoms with Crippen LogP contribution in [0.2, 0.25) is 0 Å². The van der Waals surface area contributed by atoms with Crippen molar-refractivity contribution in [3.05, 3.63) is 21.1 Å². The molecule has 0 spiro atoms. The third kappa shape index (κ3) is 4.92. The zero-order chi connectivity index (χ0) is 15.6. The summed E-state index contributed by atoms with van der Waals surface area (Å²) in [6.07, 6.45) is 0.554. The van der Waals surface area contributed by atoms with Crippen molar-refractivity contribution in [1.29, 1.82) is 5.26 Å². The second-order valence-electron chi connectivity index (χ2n) is 4.75. The number of ether oxygens (including phenoxy) is 1. The van der Waals surface area contributed by atoms with Crippen molar-refractivity contribution in [2.45, 2.75) is 25.2 Å². The fourth-order valence-corrected chi connectivity index (χ4v) is 3.78. The van der Waals surface area contributed by atoms with Gasteiger partial charge in [-0.2, -0.15) is 5.26 Å². The summed E-state index contributed by atoms with van der Waals surface area (Å²) in [6, 6.07) is 4.93. The summed E-state index contributed by atoms with van der Waals surface area (Å²) < 4.78 is 29.1. The maximum Gasteiger partial charge on any atom is 0.261 e. The van der Waals surface area contributed by atoms with Gasteiger partial charge in [-0.3, -0.25) is 0 Å². The first kappa shape index (κ1) is 17.8. The molecule has 4 nitrogen and oxygen atoms in total. The van der Waals surface area contributed by atoms with Crippen LogP contribution in [0.25, 0.3) is 0 Å². The molecule has 110 valence electrons. The lowest BCUT2D eigenvalue weighted by molar-refractivity contribution is 0.261. The molecule has 0 saturated carbocycles. The molecule has 0 radical (unpaired) electrons. The Bertz CT molecular complexity index is 630. The molecule has 0 aliphatic carbocycles. The summed E-state index contributed by atoms with van der Waals surface area (Å²) in [4.78, 5) is -0.0254. The second-order valence-corrected chi connectivity index (χ2v) is 9.02. The van der Waals surface area contributed by atoms with Gasteiger partial charge >= 0.3 is 0 Å². The van der Waals surface area contributed by atoms with E-state index in [1.807, 2.05) is 13.8 Å². The fourth-order valence-electron chi connectivity index (χ4n) is 1.28. The van der Waals surface area contributed by atoms with Crippen molar-refractivity contribution in [1.82, 2.24) is 0 Å². The van der Waals surface area contributed by atoms with Gasteiger partial charge in [0.05, 0.1) is 31.9 Å². The molecule has 1 aromatic carbocycles. The van der Waals surface area contributed by atoms with Crippen molar-refractivity contribution in [2.24, 2.45) is 5.41 Å². The van der Waals surface area contributed by atoms with Crippen molar-refractivity contribution in [2.75, 3.05) is 6.61 Å². The number of rotatable bonds is 5. The molecule has 0 fully saturated rings. The van der Waals surface area contributed by atoms with E-state index in [9.17, 15) is 8.42 Å². The summed E-state index contributed by atoms with van der Waals surface area (Å²) in [7, 11) is 1.49. The highest BCUT2D eigenvalue weighted by Crippen LogP contribution is 2.37. The third-order valence-corrected chi connectivity index (χ3v) is 5.04. The van der Waals surface area contributed by atoms with Gasteiger partial charge in [0.1, 0.15) is 5.75 Å². The van der Waals surface area contributed by atoms with Crippen LogP contribution < -0.4 is 4.74 Å². The molecule has 0 aliphatic rings. The van der Waals surface area contributed by atoms with E-state index in [4.69, 9.17) is 20.7 Å². The maximum atomic E-state index is 11.3. The molecule has 8 heteroatoms. The standard InChI is InChI=1S/C12H12Br2ClNO3S/c1-12(2,7-16)3-4-19-11-9(13)5-8(6-10(11)14)20(15,17)18/h5-6H,3-4H2,1-2H3. The van der Waals surface area contributed by atoms with Gasteiger partial charge < -0.3 is 4.74 Å². The molecule has 0 heterocycles. The minimum Gasteiger partial charge on any atom is -0.491 e. The van der Waals surface area contributed by atoms with E-state index in [2.05, 4.69) is 37.9 Å². The highest BCUT2D eigenvalue weighted by atomic mass is 79.9. The van der Waals surface area contributed by atoms with Crippen molar-refractivity contribution in [3.8, 4) is 11.8 Å². The molecule has 0 atom stereocenters. The molecule has 0 amide bonds. The first-order valence-corrected chi connectivity index (χ1v) is 9.44. The summed E-state index contributed by atoms with van der Waals surface area (Å²) in [5, 5.41) is 8.92. The zero-order valence-corrected chi connectivity index (χ0v) is 15.5. The molecule has 1 aromatic rings. The van der Waals surface area contributed by atoms with Crippen molar-refractivity contribution in [3.63, 3.8) is 0 Å². The Morgan fingerprint density at radius 1 is 1.35 bits per heavy atom. The lowest BCUT2D eigenvalue weighted by Gasteiger charge is -2.17. The summed E-state index contributed by atoms with van der Waals surface area (Å²) in [5.41, 5.74) is -0.474. The van der Waals surface area contributed by atoms with E-state index < -0.39 is 14.5 Å². The molecule has 0 unspecified atom stereocenters. The fraction of sp³-hybridized carbons (Fsp3) is 0.417. The number of halogens is 3. The largest absolute Gasteiger partial charge is 0.491 e. The normalized spacial score (nSPS) is 12.0. The molecule has 1 rings (SSSR count). The van der Waals surface area contributed by atoms with Crippen molar-refractivity contribution < 1.29 is 13.2 Å². The van der Waals surface area contributed by atoms with E-state index >= 15 is 0 Å². The van der Waals surface area contributed by atoms with E-state index in [-0.39, 0.29) is 4.90 Å². The van der Waals surface area contributed by atoms with Gasteiger partial charge in [0.15, 0.2) is 0 Å². The first-order valence-electron chi connectivity index (χ1n) is 5.54. The average molecular weight is 446 g/mol. The van der Waals surface area contributed by atoms with Gasteiger partial charge in [0, 0.05) is 10.7 Å². The third-order valence-electron chi connectivity index (χ3n) is 2.53. The van der Waals surface area contributed by atoms with Gasteiger partial charge in [-0.05, 0) is 64.3 Å². The summed E-state index contributed by atoms with van der Waals surface area (Å²) in [5.74, 6) is 0.475.